The predicted octanol–water partition coefficient (Wildman–Crippen LogP) is 10.7. The number of pyridine rings is 1. The van der Waals surface area contributed by atoms with Gasteiger partial charge in [0.25, 0.3) is 0 Å². The average Bonchev–Trinajstić information content (AvgIpc) is 3.25. The van der Waals surface area contributed by atoms with Crippen LogP contribution in [0, 0.1) is 40.8 Å². The van der Waals surface area contributed by atoms with Gasteiger partial charge in [-0.15, -0.1) is 24.3 Å². The molecule has 0 radical (unpaired) electrons. The average molecular weight is 1030 g/mol. The molecule has 7 rings (SSSR count). The summed E-state index contributed by atoms with van der Waals surface area (Å²) in [7, 11) is -2.36. The Labute approximate surface area is 359 Å². The Kier molecular flexibility index (Phi) is 18.5. The van der Waals surface area contributed by atoms with Crippen molar-refractivity contribution < 1.29 is 50.8 Å². The normalized spacial score (nSPS) is 11.1. The smallest absolute Gasteiger partial charge is 0.480 e. The number of amidine groups is 2. The monoisotopic (exact) mass is 1030 g/mol. The number of hydrogen-bond donors (Lipinski definition) is 1. The van der Waals surface area contributed by atoms with Crippen LogP contribution in [0.5, 0.6) is 0 Å². The summed E-state index contributed by atoms with van der Waals surface area (Å²) in [4.78, 5) is 6.43. The van der Waals surface area contributed by atoms with Crippen molar-refractivity contribution in [3.8, 4) is 0 Å². The van der Waals surface area contributed by atoms with Gasteiger partial charge in [0.1, 0.15) is 5.84 Å². The summed E-state index contributed by atoms with van der Waals surface area (Å²) in [6.45, 7) is 0. The maximum Gasteiger partial charge on any atom is 3.00 e. The zero-order valence-electron chi connectivity index (χ0n) is 31.5. The molecule has 0 saturated heterocycles. The van der Waals surface area contributed by atoms with Gasteiger partial charge in [-0.25, -0.2) is 0 Å². The van der Waals surface area contributed by atoms with Gasteiger partial charge in [0.2, 0.25) is 0 Å². The number of rotatable bonds is 9. The minimum Gasteiger partial charge on any atom is -0.480 e. The van der Waals surface area contributed by atoms with Crippen LogP contribution in [0.4, 0.5) is 30.7 Å². The molecule has 0 bridgehead atoms. The third kappa shape index (κ3) is 14.4. The molecule has 0 aliphatic heterocycles. The van der Waals surface area contributed by atoms with E-state index in [0.717, 1.165) is 12.1 Å². The van der Waals surface area contributed by atoms with Gasteiger partial charge in [-0.1, -0.05) is 90.0 Å². The third-order valence-corrected chi connectivity index (χ3v) is 14.0. The Balaban J connectivity index is 0.000000201. The molecule has 6 aromatic carbocycles. The topological polar surface area (TPSA) is 72.9 Å². The largest absolute Gasteiger partial charge is 3.00 e. The molecule has 7 aromatic rings. The van der Waals surface area contributed by atoms with Crippen molar-refractivity contribution >= 4 is 48.7 Å². The first-order valence-corrected chi connectivity index (χ1v) is 21.3. The van der Waals surface area contributed by atoms with Crippen LogP contribution in [0.3, 0.4) is 0 Å². The van der Waals surface area contributed by atoms with E-state index < -0.39 is 57.0 Å². The van der Waals surface area contributed by atoms with Crippen LogP contribution in [-0.4, -0.2) is 22.8 Å². The SMILES string of the molecule is Fc1c[c-]c(C[PH+](c2ccccc2)c2ccccc2)c(F)c1.Fc1c[c-]c(C[PH+](c2ccccc2)c2ccccc2)c(F)c1.N=C(N=C([NH-])c1ccccn1)C(F)(F)F.[Ir+3]. The van der Waals surface area contributed by atoms with Crippen LogP contribution in [0.1, 0.15) is 16.8 Å². The van der Waals surface area contributed by atoms with Gasteiger partial charge in [0.05, 0.1) is 55.1 Å². The standard InChI is InChI=1S/2C19H14F2P.C8H6F3N4.Ir/c2*20-16-12-11-15(19(21)13-16)14-22(17-7-3-1-4-8-17)18-9-5-2-6-10-18;9-8(10,11)7(13)15-6(12)5-3-1-2-4-14-5;/h2*1-10,12-13H,14H2;1-4H,(H2-,12,13,15);/q3*-1;+3/p+2. The molecule has 60 heavy (non-hydrogen) atoms. The molecule has 0 saturated carbocycles. The second-order valence-corrected chi connectivity index (χ2v) is 17.5. The van der Waals surface area contributed by atoms with Gasteiger partial charge < -0.3 is 16.1 Å². The van der Waals surface area contributed by atoms with Gasteiger partial charge >= 0.3 is 26.3 Å². The first-order chi connectivity index (χ1) is 28.4. The van der Waals surface area contributed by atoms with E-state index in [4.69, 9.17) is 11.1 Å². The van der Waals surface area contributed by atoms with Gasteiger partial charge in [-0.3, -0.25) is 22.5 Å². The molecular formula is C46H36F7IrN4P2+2. The van der Waals surface area contributed by atoms with E-state index in [1.807, 2.05) is 72.8 Å². The molecule has 0 aliphatic carbocycles. The summed E-state index contributed by atoms with van der Waals surface area (Å²) in [5, 5.41) is 11.4. The van der Waals surface area contributed by atoms with E-state index in [-0.39, 0.29) is 25.8 Å². The number of halogens is 7. The van der Waals surface area contributed by atoms with E-state index in [9.17, 15) is 30.7 Å². The van der Waals surface area contributed by atoms with E-state index >= 15 is 0 Å². The van der Waals surface area contributed by atoms with Gasteiger partial charge in [-0.05, 0) is 66.5 Å². The number of aromatic nitrogens is 1. The fourth-order valence-electron chi connectivity index (χ4n) is 5.61. The molecule has 0 amide bonds. The molecule has 4 nitrogen and oxygen atoms in total. The first-order valence-electron chi connectivity index (χ1n) is 17.9. The fraction of sp³-hybridized carbons (Fsp3) is 0.0652. The van der Waals surface area contributed by atoms with E-state index in [1.54, 1.807) is 6.07 Å². The summed E-state index contributed by atoms with van der Waals surface area (Å²) in [5.74, 6) is -4.70. The van der Waals surface area contributed by atoms with E-state index in [2.05, 4.69) is 70.6 Å². The molecule has 2 N–H and O–H groups in total. The quantitative estimate of drug-likeness (QED) is 0.0505. The van der Waals surface area contributed by atoms with Gasteiger partial charge in [0, 0.05) is 29.5 Å². The summed E-state index contributed by atoms with van der Waals surface area (Å²) in [6, 6.07) is 54.6. The van der Waals surface area contributed by atoms with Crippen LogP contribution in [0.25, 0.3) is 5.73 Å². The number of nitrogens with zero attached hydrogens (tertiary/aromatic N) is 2. The predicted molar refractivity (Wildman–Crippen MR) is 228 cm³/mol. The van der Waals surface area contributed by atoms with Crippen LogP contribution < -0.4 is 21.2 Å². The van der Waals surface area contributed by atoms with E-state index in [0.29, 0.717) is 23.5 Å². The minimum absolute atomic E-state index is 0. The molecule has 0 fully saturated rings. The molecule has 0 atom stereocenters. The van der Waals surface area contributed by atoms with Crippen LogP contribution >= 0.6 is 15.8 Å². The molecule has 0 unspecified atom stereocenters. The van der Waals surface area contributed by atoms with Gasteiger partial charge in [-0.2, -0.15) is 25.3 Å². The van der Waals surface area contributed by atoms with E-state index in [1.165, 1.54) is 51.7 Å². The van der Waals surface area contributed by atoms with Crippen molar-refractivity contribution in [3.05, 3.63) is 228 Å². The zero-order valence-corrected chi connectivity index (χ0v) is 35.8. The van der Waals surface area contributed by atoms with Crippen LogP contribution in [-0.2, 0) is 32.4 Å². The number of hydrogen-bond acceptors (Lipinski definition) is 2. The van der Waals surface area contributed by atoms with Crippen molar-refractivity contribution in [2.75, 3.05) is 0 Å². The molecule has 1 aromatic heterocycles. The Bertz CT molecular complexity index is 2200. The number of alkyl halides is 3. The van der Waals surface area contributed by atoms with Gasteiger partial charge in [0.15, 0.2) is 0 Å². The Hall–Kier alpha value is -5.37. The van der Waals surface area contributed by atoms with Crippen LogP contribution in [0.15, 0.2) is 175 Å². The zero-order chi connectivity index (χ0) is 42.2. The second kappa shape index (κ2) is 23.4. The molecule has 0 aliphatic rings. The summed E-state index contributed by atoms with van der Waals surface area (Å²) in [5.41, 5.74) is 8.06. The molecule has 1 heterocycles. The van der Waals surface area contributed by atoms with Crippen molar-refractivity contribution in [1.82, 2.24) is 4.98 Å². The molecule has 0 spiro atoms. The van der Waals surface area contributed by atoms with Crippen molar-refractivity contribution in [3.63, 3.8) is 0 Å². The molecule has 306 valence electrons. The molecular weight excluding hydrogens is 996 g/mol. The minimum atomic E-state index is -4.83. The summed E-state index contributed by atoms with van der Waals surface area (Å²) in [6.07, 6.45) is -2.41. The van der Waals surface area contributed by atoms with Crippen molar-refractivity contribution in [2.24, 2.45) is 4.99 Å². The Morgan fingerprint density at radius 2 is 0.933 bits per heavy atom. The summed E-state index contributed by atoms with van der Waals surface area (Å²) >= 11 is 0. The molecule has 14 heteroatoms. The van der Waals surface area contributed by atoms with Crippen molar-refractivity contribution in [2.45, 2.75) is 18.5 Å². The fourth-order valence-corrected chi connectivity index (χ4v) is 10.7. The third-order valence-electron chi connectivity index (χ3n) is 8.47. The Morgan fingerprint density at radius 1 is 0.583 bits per heavy atom. The number of benzene rings is 6. The summed E-state index contributed by atoms with van der Waals surface area (Å²) < 4.78 is 89.8. The number of aliphatic imine (C=N–C) groups is 1. The maximum absolute atomic E-state index is 14.0. The van der Waals surface area contributed by atoms with Crippen LogP contribution in [0.2, 0.25) is 0 Å². The number of nitrogens with one attached hydrogen (secondary N) is 2. The second-order valence-electron chi connectivity index (χ2n) is 12.6. The maximum atomic E-state index is 14.0. The Morgan fingerprint density at radius 3 is 1.23 bits per heavy atom. The first kappa shape index (κ1) is 47.3. The van der Waals surface area contributed by atoms with Crippen molar-refractivity contribution in [1.29, 1.82) is 5.41 Å².